The van der Waals surface area contributed by atoms with E-state index in [0.29, 0.717) is 24.5 Å². The van der Waals surface area contributed by atoms with Crippen molar-refractivity contribution in [3.05, 3.63) is 71.9 Å². The second-order valence-corrected chi connectivity index (χ2v) is 8.17. The van der Waals surface area contributed by atoms with Gasteiger partial charge in [0, 0.05) is 30.1 Å². The summed E-state index contributed by atoms with van der Waals surface area (Å²) in [6.07, 6.45) is 4.79. The second-order valence-electron chi connectivity index (χ2n) is 8.17. The third kappa shape index (κ3) is 3.37. The van der Waals surface area contributed by atoms with Gasteiger partial charge < -0.3 is 9.88 Å². The number of benzene rings is 2. The van der Waals surface area contributed by atoms with Crippen LogP contribution in [0.5, 0.6) is 0 Å². The van der Waals surface area contributed by atoms with Crippen molar-refractivity contribution >= 4 is 16.8 Å². The Morgan fingerprint density at radius 3 is 2.81 bits per heavy atom. The average Bonchev–Trinajstić information content (AvgIpc) is 3.42. The summed E-state index contributed by atoms with van der Waals surface area (Å²) in [5.41, 5.74) is 2.27. The summed E-state index contributed by atoms with van der Waals surface area (Å²) in [7, 11) is 0. The minimum Gasteiger partial charge on any atom is -0.361 e. The molecule has 4 aromatic rings. The molecule has 3 heterocycles. The maximum atomic E-state index is 13.4. The minimum atomic E-state index is -0.653. The minimum absolute atomic E-state index is 0.0993. The van der Waals surface area contributed by atoms with E-state index in [9.17, 15) is 9.18 Å². The Kier molecular flexibility index (Phi) is 4.77. The molecule has 8 heteroatoms. The zero-order chi connectivity index (χ0) is 21.4. The predicted molar refractivity (Wildman–Crippen MR) is 114 cm³/mol. The zero-order valence-corrected chi connectivity index (χ0v) is 17.3. The first kappa shape index (κ1) is 19.4. The first-order valence-electron chi connectivity index (χ1n) is 10.5. The molecule has 0 spiro atoms. The Morgan fingerprint density at radius 1 is 1.16 bits per heavy atom. The standard InChI is InChI=1S/C23H23FN6O/c1-23(22-26-27-28-30(22)18-10-8-17(24)9-11-18)13-4-7-21(31)29(23)14-12-16-15-25-20-6-3-2-5-19(16)20/h2-3,5-6,8-11,15,25H,4,7,12-14H2,1H3. The van der Waals surface area contributed by atoms with E-state index in [-0.39, 0.29) is 11.7 Å². The van der Waals surface area contributed by atoms with E-state index in [4.69, 9.17) is 0 Å². The Labute approximate surface area is 178 Å². The quantitative estimate of drug-likeness (QED) is 0.535. The number of aromatic nitrogens is 5. The Balaban J connectivity index is 1.47. The van der Waals surface area contributed by atoms with Crippen molar-refractivity contribution in [1.29, 1.82) is 0 Å². The van der Waals surface area contributed by atoms with Crippen molar-refractivity contribution in [3.63, 3.8) is 0 Å². The number of hydrogen-bond donors (Lipinski definition) is 1. The predicted octanol–water partition coefficient (Wildman–Crippen LogP) is 3.75. The SMILES string of the molecule is CC1(c2nnnn2-c2ccc(F)cc2)CCCC(=O)N1CCc1c[nH]c2ccccc12. The Hall–Kier alpha value is -3.55. The lowest BCUT2D eigenvalue weighted by Crippen LogP contribution is -2.52. The van der Waals surface area contributed by atoms with Crippen LogP contribution in [0.15, 0.2) is 54.7 Å². The lowest BCUT2D eigenvalue weighted by atomic mass is 9.86. The van der Waals surface area contributed by atoms with E-state index in [1.807, 2.05) is 36.2 Å². The molecule has 0 saturated carbocycles. The molecular weight excluding hydrogens is 395 g/mol. The van der Waals surface area contributed by atoms with Crippen LogP contribution in [0.25, 0.3) is 16.6 Å². The van der Waals surface area contributed by atoms with Gasteiger partial charge in [0.1, 0.15) is 11.4 Å². The van der Waals surface area contributed by atoms with E-state index < -0.39 is 5.54 Å². The summed E-state index contributed by atoms with van der Waals surface area (Å²) < 4.78 is 15.0. The molecule has 2 aromatic carbocycles. The number of hydrogen-bond acceptors (Lipinski definition) is 4. The van der Waals surface area contributed by atoms with Crippen LogP contribution < -0.4 is 0 Å². The number of aromatic amines is 1. The molecule has 1 aliphatic rings. The average molecular weight is 418 g/mol. The smallest absolute Gasteiger partial charge is 0.223 e. The number of rotatable bonds is 5. The number of nitrogens with zero attached hydrogens (tertiary/aromatic N) is 5. The van der Waals surface area contributed by atoms with Crippen LogP contribution in [0.3, 0.4) is 0 Å². The first-order valence-corrected chi connectivity index (χ1v) is 10.5. The number of likely N-dealkylation sites (tertiary alicyclic amines) is 1. The van der Waals surface area contributed by atoms with Crippen LogP contribution in [0.1, 0.15) is 37.6 Å². The van der Waals surface area contributed by atoms with Crippen LogP contribution in [-0.2, 0) is 16.8 Å². The summed E-state index contributed by atoms with van der Waals surface area (Å²) in [6.45, 7) is 2.58. The van der Waals surface area contributed by atoms with Gasteiger partial charge in [-0.05, 0) is 72.5 Å². The van der Waals surface area contributed by atoms with E-state index in [0.717, 1.165) is 24.8 Å². The van der Waals surface area contributed by atoms with Crippen LogP contribution in [0.4, 0.5) is 4.39 Å². The fourth-order valence-corrected chi connectivity index (χ4v) is 4.58. The molecule has 1 unspecified atom stereocenters. The molecule has 1 saturated heterocycles. The van der Waals surface area contributed by atoms with Crippen LogP contribution in [0, 0.1) is 5.82 Å². The molecule has 1 amide bonds. The highest BCUT2D eigenvalue weighted by molar-refractivity contribution is 5.83. The topological polar surface area (TPSA) is 79.7 Å². The van der Waals surface area contributed by atoms with Gasteiger partial charge in [-0.15, -0.1) is 5.10 Å². The van der Waals surface area contributed by atoms with Crippen LogP contribution in [0.2, 0.25) is 0 Å². The molecule has 1 N–H and O–H groups in total. The first-order chi connectivity index (χ1) is 15.1. The number of carbonyl (C=O) groups excluding carboxylic acids is 1. The number of tetrazole rings is 1. The fraction of sp³-hybridized carbons (Fsp3) is 0.304. The lowest BCUT2D eigenvalue weighted by molar-refractivity contribution is -0.142. The molecule has 0 radical (unpaired) electrons. The highest BCUT2D eigenvalue weighted by atomic mass is 19.1. The number of para-hydroxylation sites is 1. The van der Waals surface area contributed by atoms with Crippen molar-refractivity contribution in [3.8, 4) is 5.69 Å². The van der Waals surface area contributed by atoms with Gasteiger partial charge in [-0.25, -0.2) is 4.39 Å². The van der Waals surface area contributed by atoms with Gasteiger partial charge in [0.25, 0.3) is 0 Å². The van der Waals surface area contributed by atoms with E-state index in [1.54, 1.807) is 16.8 Å². The third-order valence-corrected chi connectivity index (χ3v) is 6.25. The Bertz CT molecular complexity index is 1230. The van der Waals surface area contributed by atoms with Gasteiger partial charge in [-0.2, -0.15) is 4.68 Å². The highest BCUT2D eigenvalue weighted by Gasteiger charge is 2.44. The molecular formula is C23H23FN6O. The van der Waals surface area contributed by atoms with Crippen molar-refractivity contribution in [2.75, 3.05) is 6.54 Å². The molecule has 158 valence electrons. The number of fused-ring (bicyclic) bond motifs is 1. The van der Waals surface area contributed by atoms with Gasteiger partial charge in [-0.3, -0.25) is 4.79 Å². The number of amides is 1. The van der Waals surface area contributed by atoms with E-state index >= 15 is 0 Å². The van der Waals surface area contributed by atoms with Gasteiger partial charge in [0.2, 0.25) is 5.91 Å². The molecule has 2 aromatic heterocycles. The van der Waals surface area contributed by atoms with Crippen molar-refractivity contribution in [1.82, 2.24) is 30.1 Å². The summed E-state index contributed by atoms with van der Waals surface area (Å²) in [6, 6.07) is 14.2. The molecule has 31 heavy (non-hydrogen) atoms. The molecule has 1 fully saturated rings. The normalized spacial score (nSPS) is 19.3. The van der Waals surface area contributed by atoms with Gasteiger partial charge in [0.15, 0.2) is 5.82 Å². The highest BCUT2D eigenvalue weighted by Crippen LogP contribution is 2.37. The number of carbonyl (C=O) groups is 1. The molecule has 7 nitrogen and oxygen atoms in total. The van der Waals surface area contributed by atoms with Crippen molar-refractivity contribution in [2.45, 2.75) is 38.1 Å². The summed E-state index contributed by atoms with van der Waals surface area (Å²) in [5.74, 6) is 0.367. The van der Waals surface area contributed by atoms with E-state index in [1.165, 1.54) is 23.1 Å². The summed E-state index contributed by atoms with van der Waals surface area (Å²) in [4.78, 5) is 18.2. The number of piperidine rings is 1. The lowest BCUT2D eigenvalue weighted by Gasteiger charge is -2.43. The molecule has 5 rings (SSSR count). The molecule has 1 aliphatic heterocycles. The van der Waals surface area contributed by atoms with Gasteiger partial charge >= 0.3 is 0 Å². The van der Waals surface area contributed by atoms with Gasteiger partial charge in [-0.1, -0.05) is 18.2 Å². The van der Waals surface area contributed by atoms with Crippen LogP contribution >= 0.6 is 0 Å². The Morgan fingerprint density at radius 2 is 1.97 bits per heavy atom. The number of halogens is 1. The summed E-state index contributed by atoms with van der Waals surface area (Å²) in [5, 5.41) is 13.5. The third-order valence-electron chi connectivity index (χ3n) is 6.25. The largest absolute Gasteiger partial charge is 0.361 e. The summed E-state index contributed by atoms with van der Waals surface area (Å²) >= 11 is 0. The maximum Gasteiger partial charge on any atom is 0.223 e. The molecule has 0 bridgehead atoms. The van der Waals surface area contributed by atoms with E-state index in [2.05, 4.69) is 26.6 Å². The van der Waals surface area contributed by atoms with Crippen LogP contribution in [-0.4, -0.2) is 42.5 Å². The molecule has 1 atom stereocenters. The maximum absolute atomic E-state index is 13.4. The second kappa shape index (κ2) is 7.61. The monoisotopic (exact) mass is 418 g/mol. The number of H-pyrrole nitrogens is 1. The van der Waals surface area contributed by atoms with Gasteiger partial charge in [0.05, 0.1) is 5.69 Å². The molecule has 0 aliphatic carbocycles. The van der Waals surface area contributed by atoms with Crippen molar-refractivity contribution in [2.24, 2.45) is 0 Å². The fourth-order valence-electron chi connectivity index (χ4n) is 4.58. The number of nitrogens with one attached hydrogen (secondary N) is 1. The zero-order valence-electron chi connectivity index (χ0n) is 17.3. The van der Waals surface area contributed by atoms with Crippen molar-refractivity contribution < 1.29 is 9.18 Å².